The number of rotatable bonds is 15. The van der Waals surface area contributed by atoms with Crippen molar-refractivity contribution in [2.45, 2.75) is 90.8 Å². The maximum absolute atomic E-state index is 13.9. The number of H-pyrrole nitrogens is 2. The molecule has 1 saturated heterocycles. The van der Waals surface area contributed by atoms with Crippen molar-refractivity contribution in [2.75, 3.05) is 26.8 Å². The molecule has 2 aliphatic carbocycles. The van der Waals surface area contributed by atoms with Gasteiger partial charge >= 0.3 is 12.1 Å². The van der Waals surface area contributed by atoms with Gasteiger partial charge in [-0.25, -0.2) is 14.8 Å². The number of alkyl carbamates (subject to hydrolysis) is 1. The van der Waals surface area contributed by atoms with Crippen molar-refractivity contribution in [1.82, 2.24) is 40.8 Å². The molecule has 5 N–H and O–H groups in total. The van der Waals surface area contributed by atoms with E-state index in [4.69, 9.17) is 14.5 Å². The summed E-state index contributed by atoms with van der Waals surface area (Å²) >= 11 is 0. The Morgan fingerprint density at radius 1 is 0.770 bits per heavy atom. The second-order valence-electron chi connectivity index (χ2n) is 17.2. The molecule has 1 aliphatic heterocycles. The van der Waals surface area contributed by atoms with Crippen LogP contribution in [-0.4, -0.2) is 93.5 Å². The summed E-state index contributed by atoms with van der Waals surface area (Å²) in [5, 5.41) is 8.34. The number of carbonyl (C=O) groups is 5. The van der Waals surface area contributed by atoms with E-state index >= 15 is 0 Å². The molecule has 3 aliphatic rings. The highest BCUT2D eigenvalue weighted by molar-refractivity contribution is 5.91. The minimum absolute atomic E-state index is 0.0844. The van der Waals surface area contributed by atoms with Crippen molar-refractivity contribution in [3.63, 3.8) is 0 Å². The fourth-order valence-electron chi connectivity index (χ4n) is 9.51. The molecule has 2 saturated carbocycles. The van der Waals surface area contributed by atoms with Crippen LogP contribution in [0.25, 0.3) is 33.6 Å². The average Bonchev–Trinajstić information content (AvgIpc) is 4.12. The zero-order valence-corrected chi connectivity index (χ0v) is 35.8. The lowest BCUT2D eigenvalue weighted by atomic mass is 9.78. The van der Waals surface area contributed by atoms with Crippen LogP contribution < -0.4 is 16.0 Å². The van der Waals surface area contributed by atoms with E-state index in [1.807, 2.05) is 33.9 Å². The van der Waals surface area contributed by atoms with Gasteiger partial charge in [-0.1, -0.05) is 76.2 Å². The van der Waals surface area contributed by atoms with Crippen LogP contribution in [0.2, 0.25) is 0 Å². The minimum atomic E-state index is -0.781. The van der Waals surface area contributed by atoms with Gasteiger partial charge in [-0.05, 0) is 85.0 Å². The highest BCUT2D eigenvalue weighted by Crippen LogP contribution is 2.56. The van der Waals surface area contributed by atoms with Crippen LogP contribution in [0.5, 0.6) is 0 Å². The van der Waals surface area contributed by atoms with Gasteiger partial charge in [-0.2, -0.15) is 0 Å². The number of hydrogen-bond donors (Lipinski definition) is 5. The summed E-state index contributed by atoms with van der Waals surface area (Å²) in [6.07, 6.45) is 7.58. The molecule has 2 bridgehead atoms. The van der Waals surface area contributed by atoms with Gasteiger partial charge in [0.2, 0.25) is 17.7 Å². The fourth-order valence-corrected chi connectivity index (χ4v) is 9.51. The maximum Gasteiger partial charge on any atom is 0.407 e. The van der Waals surface area contributed by atoms with E-state index in [9.17, 15) is 24.0 Å². The topological polar surface area (TPSA) is 200 Å². The molecule has 324 valence electrons. The first kappa shape index (κ1) is 43.1. The molecule has 3 fully saturated rings. The number of amides is 4. The molecular weight excluding hydrogens is 777 g/mol. The quantitative estimate of drug-likeness (QED) is 0.0875. The van der Waals surface area contributed by atoms with Crippen LogP contribution >= 0.6 is 0 Å². The first-order valence-electron chi connectivity index (χ1n) is 21.6. The zero-order valence-electron chi connectivity index (χ0n) is 35.8. The number of methoxy groups -OCH3 is 1. The van der Waals surface area contributed by atoms with Crippen molar-refractivity contribution in [1.29, 1.82) is 0 Å². The number of esters is 1. The third-order valence-electron chi connectivity index (χ3n) is 12.7. The summed E-state index contributed by atoms with van der Waals surface area (Å²) in [7, 11) is 1.29. The number of hydrogen-bond acceptors (Lipinski definition) is 9. The number of imidazole rings is 2. The van der Waals surface area contributed by atoms with Crippen molar-refractivity contribution < 1.29 is 33.4 Å². The number of fused-ring (bicyclic) bond motifs is 2. The summed E-state index contributed by atoms with van der Waals surface area (Å²) in [5.41, 5.74) is 5.77. The second-order valence-corrected chi connectivity index (χ2v) is 17.2. The van der Waals surface area contributed by atoms with Crippen LogP contribution in [0.4, 0.5) is 4.79 Å². The first-order chi connectivity index (χ1) is 29.4. The molecule has 2 aromatic carbocycles. The number of nitrogens with zero attached hydrogens (tertiary/aromatic N) is 3. The molecule has 2 aromatic heterocycles. The second kappa shape index (κ2) is 18.7. The Labute approximate surface area is 356 Å². The molecule has 4 aromatic rings. The van der Waals surface area contributed by atoms with E-state index in [1.165, 1.54) is 7.11 Å². The number of carbonyl (C=O) groups excluding carboxylic acids is 5. The lowest BCUT2D eigenvalue weighted by Gasteiger charge is -2.31. The first-order valence-corrected chi connectivity index (χ1v) is 21.6. The third kappa shape index (κ3) is 9.35. The Morgan fingerprint density at radius 3 is 1.93 bits per heavy atom. The zero-order chi connectivity index (χ0) is 43.4. The summed E-state index contributed by atoms with van der Waals surface area (Å²) in [6, 6.07) is 14.8. The molecule has 4 amide bonds. The van der Waals surface area contributed by atoms with E-state index in [-0.39, 0.29) is 60.6 Å². The number of benzene rings is 2. The molecule has 2 unspecified atom stereocenters. The summed E-state index contributed by atoms with van der Waals surface area (Å²) in [4.78, 5) is 82.7. The number of aromatic nitrogens is 4. The Balaban J connectivity index is 0.993. The summed E-state index contributed by atoms with van der Waals surface area (Å²) in [6.45, 7) is 9.82. The smallest absolute Gasteiger partial charge is 0.407 e. The van der Waals surface area contributed by atoms with Gasteiger partial charge in [0, 0.05) is 12.5 Å². The molecule has 0 radical (unpaired) electrons. The van der Waals surface area contributed by atoms with E-state index < -0.39 is 30.1 Å². The van der Waals surface area contributed by atoms with Gasteiger partial charge in [0.25, 0.3) is 0 Å². The fraction of sp³-hybridized carbons (Fsp3) is 0.500. The van der Waals surface area contributed by atoms with Crippen molar-refractivity contribution in [3.8, 4) is 33.6 Å². The lowest BCUT2D eigenvalue weighted by molar-refractivity contribution is -0.143. The summed E-state index contributed by atoms with van der Waals surface area (Å²) in [5.74, 6) is 0.151. The van der Waals surface area contributed by atoms with Crippen molar-refractivity contribution >= 4 is 29.8 Å². The monoisotopic (exact) mass is 834 g/mol. The number of ether oxygens (including phenoxy) is 2. The molecule has 15 heteroatoms. The van der Waals surface area contributed by atoms with Crippen LogP contribution in [0.3, 0.4) is 0 Å². The number of aromatic amines is 2. The van der Waals surface area contributed by atoms with Crippen molar-refractivity contribution in [2.24, 2.45) is 29.6 Å². The predicted octanol–water partition coefficient (Wildman–Crippen LogP) is 6.13. The van der Waals surface area contributed by atoms with Crippen LogP contribution in [0.15, 0.2) is 60.9 Å². The SMILES string of the molecule is CCOC(=O)CNC(=O)C(NC(=O)[C@@H]1[C@@H]2CC[C@@H](C2)[C@H]1c1ncc(-c2ccc(-c3ccc(-c4cnc([C@@H]5CCCN5C(=O)C(NC(=O)OC)C(C)C)[nH]4)cc3)cc2)[nH]1)C(C)C. The highest BCUT2D eigenvalue weighted by Gasteiger charge is 2.53. The summed E-state index contributed by atoms with van der Waals surface area (Å²) < 4.78 is 9.70. The Bertz CT molecular complexity index is 2200. The normalized spacial score (nSPS) is 21.6. The molecule has 7 atom stereocenters. The predicted molar refractivity (Wildman–Crippen MR) is 228 cm³/mol. The van der Waals surface area contributed by atoms with Gasteiger partial charge in [0.15, 0.2) is 0 Å². The van der Waals surface area contributed by atoms with E-state index in [1.54, 1.807) is 18.0 Å². The van der Waals surface area contributed by atoms with Gasteiger partial charge < -0.3 is 40.3 Å². The Hall–Kier alpha value is -5.99. The molecule has 0 spiro atoms. The minimum Gasteiger partial charge on any atom is -0.465 e. The average molecular weight is 835 g/mol. The van der Waals surface area contributed by atoms with Crippen LogP contribution in [0, 0.1) is 29.6 Å². The Kier molecular flexibility index (Phi) is 13.2. The maximum atomic E-state index is 13.9. The number of nitrogens with one attached hydrogen (secondary N) is 5. The molecule has 7 rings (SSSR count). The van der Waals surface area contributed by atoms with Gasteiger partial charge in [0.05, 0.1) is 49.5 Å². The molecule has 15 nitrogen and oxygen atoms in total. The van der Waals surface area contributed by atoms with Gasteiger partial charge in [-0.15, -0.1) is 0 Å². The highest BCUT2D eigenvalue weighted by atomic mass is 16.5. The number of likely N-dealkylation sites (tertiary alicyclic amines) is 1. The van der Waals surface area contributed by atoms with E-state index in [0.717, 1.165) is 77.4 Å². The molecule has 3 heterocycles. The lowest BCUT2D eigenvalue weighted by Crippen LogP contribution is -2.53. The Morgan fingerprint density at radius 2 is 1.34 bits per heavy atom. The van der Waals surface area contributed by atoms with E-state index in [2.05, 4.69) is 79.4 Å². The van der Waals surface area contributed by atoms with Crippen LogP contribution in [0.1, 0.15) is 90.3 Å². The third-order valence-corrected chi connectivity index (χ3v) is 12.7. The van der Waals surface area contributed by atoms with Gasteiger partial charge in [-0.3, -0.25) is 19.2 Å². The molecule has 61 heavy (non-hydrogen) atoms. The largest absolute Gasteiger partial charge is 0.465 e. The molecular formula is C46H58N8O7. The van der Waals surface area contributed by atoms with E-state index in [0.29, 0.717) is 12.5 Å². The van der Waals surface area contributed by atoms with Gasteiger partial charge in [0.1, 0.15) is 30.3 Å². The van der Waals surface area contributed by atoms with Crippen LogP contribution in [-0.2, 0) is 28.7 Å². The standard InChI is InChI=1S/C46H58N8O7/c1-7-61-36(55)24-49-44(57)39(25(2)3)52-43(56)38-32-19-18-31(21-32)37(38)42-48-23-34(51-42)30-16-12-28(13-17-30)27-10-14-29(15-11-27)33-22-47-41(50-33)35-9-8-20-54(35)45(58)40(26(4)5)53-46(59)60-6/h10-17,22-23,25-26,31-32,35,37-40H,7-9,18-21,24H2,1-6H3,(H,47,50)(H,48,51)(H,49,57)(H,52,56)(H,53,59)/t31-,32+,35-,37+,38+,39?,40?/m0/s1. The van der Waals surface area contributed by atoms with Crippen molar-refractivity contribution in [3.05, 3.63) is 72.6 Å².